The fourth-order valence-corrected chi connectivity index (χ4v) is 6.82. The molecule has 1 aromatic carbocycles. The highest BCUT2D eigenvalue weighted by molar-refractivity contribution is 5.77. The Morgan fingerprint density at radius 1 is 0.870 bits per heavy atom. The number of phenolic OH excluding ortho intramolecular Hbond substituents is 1. The number of rotatable bonds is 7. The van der Waals surface area contributed by atoms with E-state index in [1.165, 1.54) is 18.4 Å². The van der Waals surface area contributed by atoms with Crippen molar-refractivity contribution >= 4 is 29.8 Å². The topological polar surface area (TPSA) is 249 Å². The van der Waals surface area contributed by atoms with Gasteiger partial charge in [0.15, 0.2) is 5.96 Å². The van der Waals surface area contributed by atoms with Crippen LogP contribution in [0, 0.1) is 5.92 Å². The number of guanidine groups is 1. The van der Waals surface area contributed by atoms with Gasteiger partial charge in [-0.05, 0) is 87.1 Å². The third-order valence-electron chi connectivity index (χ3n) is 9.28. The number of nitrogens with one attached hydrogen (secondary N) is 1. The number of piperidine rings is 1. The van der Waals surface area contributed by atoms with Crippen LogP contribution in [0.4, 0.5) is 39.5 Å². The van der Waals surface area contributed by atoms with Crippen LogP contribution in [0.1, 0.15) is 62.5 Å². The Balaban J connectivity index is 0.000000393. The fraction of sp³-hybridized carbons (Fsp3) is 0.645. The highest BCUT2D eigenvalue weighted by Crippen LogP contribution is 2.59. The number of aliphatic carboxylic acids is 3. The van der Waals surface area contributed by atoms with Gasteiger partial charge in [0.1, 0.15) is 5.75 Å². The fourth-order valence-electron chi connectivity index (χ4n) is 6.82. The van der Waals surface area contributed by atoms with E-state index in [1.54, 1.807) is 6.07 Å². The molecule has 0 unspecified atom stereocenters. The number of carbonyl (C=O) groups excluding carboxylic acids is 1. The van der Waals surface area contributed by atoms with E-state index >= 15 is 0 Å². The van der Waals surface area contributed by atoms with Crippen LogP contribution < -0.4 is 16.8 Å². The van der Waals surface area contributed by atoms with E-state index in [1.807, 2.05) is 12.1 Å². The number of phenols is 1. The van der Waals surface area contributed by atoms with Crippen molar-refractivity contribution in [3.8, 4) is 5.75 Å². The number of alkyl halides is 9. The number of fused-ring (bicyclic) bond motifs is 1. The zero-order valence-electron chi connectivity index (χ0n) is 28.3. The summed E-state index contributed by atoms with van der Waals surface area (Å²) in [4.78, 5) is 45.8. The molecule has 1 saturated heterocycles. The molecule has 306 valence electrons. The van der Waals surface area contributed by atoms with Gasteiger partial charge in [-0.2, -0.15) is 39.5 Å². The first-order valence-electron chi connectivity index (χ1n) is 16.2. The zero-order valence-corrected chi connectivity index (χ0v) is 28.3. The van der Waals surface area contributed by atoms with Gasteiger partial charge in [-0.25, -0.2) is 14.4 Å². The van der Waals surface area contributed by atoms with Gasteiger partial charge < -0.3 is 42.3 Å². The summed E-state index contributed by atoms with van der Waals surface area (Å²) >= 11 is 0. The van der Waals surface area contributed by atoms with Gasteiger partial charge in [-0.3, -0.25) is 14.7 Å². The normalized spacial score (nSPS) is 24.6. The summed E-state index contributed by atoms with van der Waals surface area (Å²) in [5.74, 6) is -7.20. The molecule has 2 saturated carbocycles. The molecule has 3 fully saturated rings. The molecule has 3 aliphatic carbocycles. The van der Waals surface area contributed by atoms with Crippen molar-refractivity contribution in [2.45, 2.75) is 99.4 Å². The summed E-state index contributed by atoms with van der Waals surface area (Å²) in [6.07, 6.45) is -7.88. The average molecular weight is 798 g/mol. The number of aliphatic hydroxyl groups is 1. The number of nitrogens with two attached hydrogens (primary N) is 2. The minimum atomic E-state index is -5.08. The molecule has 0 radical (unpaired) electrons. The maximum Gasteiger partial charge on any atom is 0.490 e. The number of halogens is 9. The van der Waals surface area contributed by atoms with Gasteiger partial charge in [0.25, 0.3) is 0 Å². The second-order valence-corrected chi connectivity index (χ2v) is 13.1. The van der Waals surface area contributed by atoms with Crippen molar-refractivity contribution in [1.29, 1.82) is 0 Å². The lowest BCUT2D eigenvalue weighted by Gasteiger charge is -2.65. The molecule has 4 aliphatic rings. The predicted molar refractivity (Wildman–Crippen MR) is 168 cm³/mol. The number of amides is 1. The highest BCUT2D eigenvalue weighted by Gasteiger charge is 2.64. The lowest BCUT2D eigenvalue weighted by molar-refractivity contribution is -0.193. The molecule has 0 spiro atoms. The molecule has 1 amide bonds. The Morgan fingerprint density at radius 3 is 1.85 bits per heavy atom. The maximum atomic E-state index is 12.6. The van der Waals surface area contributed by atoms with E-state index in [-0.39, 0.29) is 29.7 Å². The quantitative estimate of drug-likeness (QED) is 0.0859. The minimum absolute atomic E-state index is 0.00212. The van der Waals surface area contributed by atoms with Crippen LogP contribution in [-0.4, -0.2) is 116 Å². The number of aliphatic imine (C=N–C) groups is 1. The molecule has 1 aliphatic heterocycles. The third-order valence-corrected chi connectivity index (χ3v) is 9.28. The molecule has 54 heavy (non-hydrogen) atoms. The molecule has 23 heteroatoms. The number of likely N-dealkylation sites (tertiary alicyclic amines) is 1. The standard InChI is InChI=1S/C25H37N5O3.3C2HF3O2/c26-23(27)28-10-1-2-22(32)29-18-7-8-25(33)21-12-17-5-6-19(31)13-20(17)24(25,14-18)9-11-30(21)15-16-3-4-16;3*3-2(4,5)1(6)7/h5-6,13,16,18,21,31,33H,1-4,7-12,14-15H2,(H,29,32)(H4,26,27,28);3*(H,6,7)/t18-,21-,24-,25-;;;/m1.../s1. The number of carbonyl (C=O) groups is 4. The molecular formula is C31H40F9N5O9. The number of hydrogen-bond acceptors (Lipinski definition) is 8. The molecule has 4 atom stereocenters. The number of carboxylic acids is 3. The van der Waals surface area contributed by atoms with E-state index < -0.39 is 47.5 Å². The summed E-state index contributed by atoms with van der Waals surface area (Å²) in [5.41, 5.74) is 11.7. The Kier molecular flexibility index (Phi) is 15.0. The van der Waals surface area contributed by atoms with Crippen molar-refractivity contribution in [2.75, 3.05) is 19.6 Å². The molecule has 0 aromatic heterocycles. The Morgan fingerprint density at radius 2 is 1.39 bits per heavy atom. The summed E-state index contributed by atoms with van der Waals surface area (Å²) < 4.78 is 95.2. The van der Waals surface area contributed by atoms with E-state index in [0.717, 1.165) is 43.8 Å². The van der Waals surface area contributed by atoms with Crippen molar-refractivity contribution in [3.63, 3.8) is 0 Å². The number of nitrogens with zero attached hydrogens (tertiary/aromatic N) is 2. The van der Waals surface area contributed by atoms with Crippen LogP contribution in [0.15, 0.2) is 23.2 Å². The second-order valence-electron chi connectivity index (χ2n) is 13.1. The predicted octanol–water partition coefficient (Wildman–Crippen LogP) is 3.02. The summed E-state index contributed by atoms with van der Waals surface area (Å²) in [5, 5.41) is 47.2. The summed E-state index contributed by atoms with van der Waals surface area (Å²) in [6, 6.07) is 5.77. The number of hydrogen-bond donors (Lipinski definition) is 8. The van der Waals surface area contributed by atoms with E-state index in [4.69, 9.17) is 41.2 Å². The number of benzene rings is 1. The van der Waals surface area contributed by atoms with Crippen LogP contribution in [0.25, 0.3) is 0 Å². The van der Waals surface area contributed by atoms with Crippen molar-refractivity contribution < 1.29 is 84.2 Å². The monoisotopic (exact) mass is 797 g/mol. The van der Waals surface area contributed by atoms with E-state index in [2.05, 4.69) is 15.2 Å². The first-order valence-corrected chi connectivity index (χ1v) is 16.2. The van der Waals surface area contributed by atoms with Gasteiger partial charge in [0, 0.05) is 37.0 Å². The molecule has 1 heterocycles. The Hall–Kier alpha value is -4.54. The first-order chi connectivity index (χ1) is 24.6. The highest BCUT2D eigenvalue weighted by atomic mass is 19.4. The van der Waals surface area contributed by atoms with Crippen molar-refractivity contribution in [2.24, 2.45) is 22.4 Å². The zero-order chi connectivity index (χ0) is 41.4. The van der Waals surface area contributed by atoms with Crippen LogP contribution in [0.3, 0.4) is 0 Å². The SMILES string of the molecule is NC(N)=NCCCC(=O)N[C@@H]1CC[C@@]2(O)[C@H]3Cc4ccc(O)cc4[C@@]2(CCN3CC2CC2)C1.O=C(O)C(F)(F)F.O=C(O)C(F)(F)F.O=C(O)C(F)(F)F. The van der Waals surface area contributed by atoms with Crippen LogP contribution in [0.5, 0.6) is 5.75 Å². The summed E-state index contributed by atoms with van der Waals surface area (Å²) in [6.45, 7) is 2.47. The first kappa shape index (κ1) is 45.6. The maximum absolute atomic E-state index is 12.6. The largest absolute Gasteiger partial charge is 0.508 e. The summed E-state index contributed by atoms with van der Waals surface area (Å²) in [7, 11) is 0. The van der Waals surface area contributed by atoms with Crippen LogP contribution >= 0.6 is 0 Å². The Bertz CT molecular complexity index is 1480. The molecule has 1 aromatic rings. The van der Waals surface area contributed by atoms with Gasteiger partial charge in [0.2, 0.25) is 5.91 Å². The van der Waals surface area contributed by atoms with Gasteiger partial charge >= 0.3 is 36.4 Å². The number of carboxylic acid groups (broad SMARTS) is 3. The second kappa shape index (κ2) is 17.7. The lowest BCUT2D eigenvalue weighted by atomic mass is 9.49. The van der Waals surface area contributed by atoms with Gasteiger partial charge in [0.05, 0.1) is 5.60 Å². The third kappa shape index (κ3) is 12.5. The van der Waals surface area contributed by atoms with Gasteiger partial charge in [-0.1, -0.05) is 6.07 Å². The van der Waals surface area contributed by atoms with Crippen LogP contribution in [0.2, 0.25) is 0 Å². The van der Waals surface area contributed by atoms with Gasteiger partial charge in [-0.15, -0.1) is 0 Å². The van der Waals surface area contributed by atoms with E-state index in [0.29, 0.717) is 32.2 Å². The number of aromatic hydroxyl groups is 1. The van der Waals surface area contributed by atoms with Crippen molar-refractivity contribution in [1.82, 2.24) is 10.2 Å². The molecule has 10 N–H and O–H groups in total. The Labute approximate surface area is 301 Å². The molecule has 2 bridgehead atoms. The molecule has 14 nitrogen and oxygen atoms in total. The van der Waals surface area contributed by atoms with Crippen LogP contribution in [-0.2, 0) is 31.0 Å². The average Bonchev–Trinajstić information content (AvgIpc) is 3.85. The minimum Gasteiger partial charge on any atom is -0.508 e. The van der Waals surface area contributed by atoms with Crippen molar-refractivity contribution in [3.05, 3.63) is 29.3 Å². The molecular weight excluding hydrogens is 757 g/mol. The van der Waals surface area contributed by atoms with E-state index in [9.17, 15) is 54.5 Å². The molecule has 5 rings (SSSR count). The smallest absolute Gasteiger partial charge is 0.490 e. The lowest BCUT2D eigenvalue weighted by Crippen LogP contribution is -2.74.